The van der Waals surface area contributed by atoms with Gasteiger partial charge in [-0.15, -0.1) is 30.6 Å². The molecule has 1 aliphatic heterocycles. The molecule has 0 amide bonds. The molecule has 2 heterocycles. The van der Waals surface area contributed by atoms with Gasteiger partial charge in [-0.2, -0.15) is 0 Å². The summed E-state index contributed by atoms with van der Waals surface area (Å²) in [6.45, 7) is 6.36. The summed E-state index contributed by atoms with van der Waals surface area (Å²) in [6.07, 6.45) is 8.60. The van der Waals surface area contributed by atoms with Gasteiger partial charge in [-0.25, -0.2) is 4.98 Å². The molecule has 0 aliphatic carbocycles. The molecule has 0 atom stereocenters. The summed E-state index contributed by atoms with van der Waals surface area (Å²) in [6, 6.07) is 0. The molecule has 0 saturated heterocycles. The van der Waals surface area contributed by atoms with Crippen molar-refractivity contribution in [1.82, 2.24) is 20.2 Å². The monoisotopic (exact) mass is 389 g/mol. The Morgan fingerprint density at radius 1 is 1.50 bits per heavy atom. The molecule has 6 heteroatoms. The molecule has 0 spiro atoms. The largest absolute Gasteiger partial charge is 0.356 e. The molecule has 2 rings (SSSR count). The zero-order valence-corrected chi connectivity index (χ0v) is 14.4. The predicted molar refractivity (Wildman–Crippen MR) is 93.8 cm³/mol. The second kappa shape index (κ2) is 8.99. The molecule has 1 aliphatic rings. The quantitative estimate of drug-likeness (QED) is 0.349. The van der Waals surface area contributed by atoms with Crippen LogP contribution in [0.2, 0.25) is 0 Å². The van der Waals surface area contributed by atoms with Crippen LogP contribution in [0.15, 0.2) is 23.8 Å². The van der Waals surface area contributed by atoms with Crippen LogP contribution in [0.1, 0.15) is 24.4 Å². The van der Waals surface area contributed by atoms with E-state index in [4.69, 9.17) is 0 Å². The lowest BCUT2D eigenvalue weighted by molar-refractivity contribution is 0.522. The first-order valence-electron chi connectivity index (χ1n) is 6.94. The molecule has 0 bridgehead atoms. The third-order valence-electron chi connectivity index (χ3n) is 3.27. The molecule has 0 saturated carbocycles. The van der Waals surface area contributed by atoms with Crippen LogP contribution in [0.25, 0.3) is 0 Å². The van der Waals surface area contributed by atoms with Crippen molar-refractivity contribution in [2.75, 3.05) is 20.1 Å². The van der Waals surface area contributed by atoms with E-state index >= 15 is 0 Å². The van der Waals surface area contributed by atoms with Crippen LogP contribution in [0, 0.1) is 0 Å². The summed E-state index contributed by atoms with van der Waals surface area (Å²) in [5, 5.41) is 6.42. The zero-order valence-electron chi connectivity index (χ0n) is 12.1. The molecule has 1 aromatic heterocycles. The van der Waals surface area contributed by atoms with Crippen LogP contribution in [0.4, 0.5) is 0 Å². The number of halogens is 1. The summed E-state index contributed by atoms with van der Waals surface area (Å²) in [7, 11) is 1.77. The van der Waals surface area contributed by atoms with Crippen LogP contribution in [-0.2, 0) is 19.4 Å². The highest BCUT2D eigenvalue weighted by Crippen LogP contribution is 2.14. The highest BCUT2D eigenvalue weighted by Gasteiger charge is 2.11. The fourth-order valence-electron chi connectivity index (χ4n) is 2.29. The number of hydrogen-bond donors (Lipinski definition) is 2. The van der Waals surface area contributed by atoms with Gasteiger partial charge in [-0.3, -0.25) is 4.99 Å². The Morgan fingerprint density at radius 3 is 3.05 bits per heavy atom. The van der Waals surface area contributed by atoms with E-state index in [0.29, 0.717) is 0 Å². The van der Waals surface area contributed by atoms with Crippen LogP contribution in [0.3, 0.4) is 0 Å². The van der Waals surface area contributed by atoms with Gasteiger partial charge in [0, 0.05) is 45.7 Å². The minimum atomic E-state index is 0. The number of aromatic nitrogens is 2. The summed E-state index contributed by atoms with van der Waals surface area (Å²) in [5.41, 5.74) is 1.17. The number of rotatable bonds is 5. The molecule has 112 valence electrons. The van der Waals surface area contributed by atoms with Gasteiger partial charge in [0.1, 0.15) is 5.82 Å². The Hall–Kier alpha value is -1.05. The highest BCUT2D eigenvalue weighted by atomic mass is 127. The van der Waals surface area contributed by atoms with Crippen molar-refractivity contribution in [1.29, 1.82) is 0 Å². The molecule has 20 heavy (non-hydrogen) atoms. The highest BCUT2D eigenvalue weighted by molar-refractivity contribution is 14.0. The summed E-state index contributed by atoms with van der Waals surface area (Å²) >= 11 is 0. The fourth-order valence-corrected chi connectivity index (χ4v) is 2.29. The number of aliphatic imine (C=N–C) groups is 1. The predicted octanol–water partition coefficient (Wildman–Crippen LogP) is 1.73. The first kappa shape index (κ1) is 17.0. The van der Waals surface area contributed by atoms with E-state index in [2.05, 4.69) is 38.0 Å². The number of aryl methyl sites for hydroxylation is 2. The Bertz CT molecular complexity index is 429. The van der Waals surface area contributed by atoms with Gasteiger partial charge >= 0.3 is 0 Å². The van der Waals surface area contributed by atoms with Crippen molar-refractivity contribution in [2.24, 2.45) is 4.99 Å². The van der Waals surface area contributed by atoms with Gasteiger partial charge in [0.15, 0.2) is 5.96 Å². The molecule has 0 radical (unpaired) electrons. The zero-order chi connectivity index (χ0) is 13.5. The lowest BCUT2D eigenvalue weighted by Gasteiger charge is -2.11. The van der Waals surface area contributed by atoms with E-state index in [0.717, 1.165) is 38.4 Å². The Morgan fingerprint density at radius 2 is 2.35 bits per heavy atom. The lowest BCUT2D eigenvalue weighted by Crippen LogP contribution is -2.38. The SMILES string of the molecule is C=CCNC(=NC)NCCc1cn2c(n1)CCCC2.I. The molecule has 0 aromatic carbocycles. The van der Waals surface area contributed by atoms with E-state index in [1.807, 2.05) is 6.08 Å². The number of nitrogens with one attached hydrogen (secondary N) is 2. The smallest absolute Gasteiger partial charge is 0.191 e. The lowest BCUT2D eigenvalue weighted by atomic mass is 10.2. The van der Waals surface area contributed by atoms with Crippen molar-refractivity contribution in [3.8, 4) is 0 Å². The van der Waals surface area contributed by atoms with Crippen molar-refractivity contribution >= 4 is 29.9 Å². The minimum absolute atomic E-state index is 0. The Balaban J connectivity index is 0.00000200. The van der Waals surface area contributed by atoms with Gasteiger partial charge in [0.2, 0.25) is 0 Å². The molecule has 2 N–H and O–H groups in total. The number of fused-ring (bicyclic) bond motifs is 1. The number of imidazole rings is 1. The maximum Gasteiger partial charge on any atom is 0.191 e. The van der Waals surface area contributed by atoms with Crippen LogP contribution in [-0.4, -0.2) is 35.6 Å². The molecule has 1 aromatic rings. The number of nitrogens with zero attached hydrogens (tertiary/aromatic N) is 3. The van der Waals surface area contributed by atoms with Crippen molar-refractivity contribution in [3.63, 3.8) is 0 Å². The molecule has 0 fully saturated rings. The minimum Gasteiger partial charge on any atom is -0.356 e. The van der Waals surface area contributed by atoms with Gasteiger partial charge in [-0.05, 0) is 12.8 Å². The normalized spacial score (nSPS) is 14.2. The van der Waals surface area contributed by atoms with Crippen LogP contribution < -0.4 is 10.6 Å². The van der Waals surface area contributed by atoms with Gasteiger partial charge in [0.25, 0.3) is 0 Å². The topological polar surface area (TPSA) is 54.2 Å². The fraction of sp³-hybridized carbons (Fsp3) is 0.571. The van der Waals surface area contributed by atoms with Crippen LogP contribution in [0.5, 0.6) is 0 Å². The average Bonchev–Trinajstić information content (AvgIpc) is 2.85. The third kappa shape index (κ3) is 4.81. The van der Waals surface area contributed by atoms with Crippen LogP contribution >= 0.6 is 24.0 Å². The van der Waals surface area contributed by atoms with Crippen molar-refractivity contribution < 1.29 is 0 Å². The first-order valence-corrected chi connectivity index (χ1v) is 6.94. The average molecular weight is 389 g/mol. The standard InChI is InChI=1S/C14H23N5.HI/c1-3-8-16-14(15-2)17-9-7-12-11-19-10-5-4-6-13(19)18-12;/h3,11H,1,4-10H2,2H3,(H2,15,16,17);1H. The van der Waals surface area contributed by atoms with E-state index < -0.39 is 0 Å². The molecule has 5 nitrogen and oxygen atoms in total. The van der Waals surface area contributed by atoms with Crippen molar-refractivity contribution in [2.45, 2.75) is 32.2 Å². The second-order valence-electron chi connectivity index (χ2n) is 4.72. The van der Waals surface area contributed by atoms with E-state index in [9.17, 15) is 0 Å². The Kier molecular flexibility index (Phi) is 7.64. The summed E-state index contributed by atoms with van der Waals surface area (Å²) in [5.74, 6) is 2.05. The summed E-state index contributed by atoms with van der Waals surface area (Å²) < 4.78 is 2.30. The number of guanidine groups is 1. The Labute approximate surface area is 138 Å². The van der Waals surface area contributed by atoms with Gasteiger partial charge in [0.05, 0.1) is 5.69 Å². The van der Waals surface area contributed by atoms with E-state index in [1.165, 1.54) is 24.4 Å². The van der Waals surface area contributed by atoms with E-state index in [-0.39, 0.29) is 24.0 Å². The number of hydrogen-bond acceptors (Lipinski definition) is 2. The maximum atomic E-state index is 4.68. The second-order valence-corrected chi connectivity index (χ2v) is 4.72. The molecular formula is C14H24IN5. The third-order valence-corrected chi connectivity index (χ3v) is 3.27. The van der Waals surface area contributed by atoms with Gasteiger partial charge in [-0.1, -0.05) is 6.08 Å². The first-order chi connectivity index (χ1) is 9.33. The molecule has 0 unspecified atom stereocenters. The maximum absolute atomic E-state index is 4.68. The van der Waals surface area contributed by atoms with E-state index in [1.54, 1.807) is 7.05 Å². The molecular weight excluding hydrogens is 365 g/mol. The van der Waals surface area contributed by atoms with Gasteiger partial charge < -0.3 is 15.2 Å². The summed E-state index contributed by atoms with van der Waals surface area (Å²) in [4.78, 5) is 8.83. The van der Waals surface area contributed by atoms with Crippen molar-refractivity contribution in [3.05, 3.63) is 30.4 Å².